The summed E-state index contributed by atoms with van der Waals surface area (Å²) in [6, 6.07) is 0.351. The van der Waals surface area contributed by atoms with E-state index in [0.717, 1.165) is 12.8 Å². The summed E-state index contributed by atoms with van der Waals surface area (Å²) in [6.07, 6.45) is 2.54. The second-order valence-electron chi connectivity index (χ2n) is 7.66. The number of sulfonamides is 1. The van der Waals surface area contributed by atoms with Crippen molar-refractivity contribution in [3.63, 3.8) is 0 Å². The van der Waals surface area contributed by atoms with Crippen LogP contribution < -0.4 is 5.32 Å². The summed E-state index contributed by atoms with van der Waals surface area (Å²) in [5, 5.41) is 3.43. The van der Waals surface area contributed by atoms with E-state index in [0.29, 0.717) is 26.2 Å². The van der Waals surface area contributed by atoms with Gasteiger partial charge in [-0.05, 0) is 47.5 Å². The van der Waals surface area contributed by atoms with Crippen molar-refractivity contribution < 1.29 is 17.9 Å². The lowest BCUT2D eigenvalue weighted by Crippen LogP contribution is -2.48. The maximum Gasteiger partial charge on any atom is 0.410 e. The number of amides is 1. The molecule has 0 radical (unpaired) electrons. The number of nitrogens with one attached hydrogen (secondary N) is 1. The van der Waals surface area contributed by atoms with E-state index in [4.69, 9.17) is 4.74 Å². The maximum atomic E-state index is 12.2. The van der Waals surface area contributed by atoms with Crippen LogP contribution in [0.4, 0.5) is 4.79 Å². The first kappa shape index (κ1) is 21.2. The number of hydrogen-bond acceptors (Lipinski definition) is 5. The molecule has 0 aliphatic carbocycles. The molecular formula is C16H33N3O4S. The molecule has 0 aromatic heterocycles. The van der Waals surface area contributed by atoms with Crippen LogP contribution in [0.15, 0.2) is 0 Å². The summed E-state index contributed by atoms with van der Waals surface area (Å²) in [5.74, 6) is 0. The number of ether oxygens (including phenoxy) is 1. The third-order valence-corrected chi connectivity index (χ3v) is 5.26. The zero-order chi connectivity index (χ0) is 18.5. The highest BCUT2D eigenvalue weighted by Crippen LogP contribution is 2.14. The Labute approximate surface area is 146 Å². The Balaban J connectivity index is 2.40. The lowest BCUT2D eigenvalue weighted by Gasteiger charge is -2.33. The van der Waals surface area contributed by atoms with E-state index in [1.54, 1.807) is 4.90 Å². The fraction of sp³-hybridized carbons (Fsp3) is 0.938. The second-order valence-corrected chi connectivity index (χ2v) is 9.64. The average molecular weight is 364 g/mol. The first-order valence-corrected chi connectivity index (χ1v) is 10.4. The van der Waals surface area contributed by atoms with Crippen LogP contribution in [0.5, 0.6) is 0 Å². The molecule has 1 N–H and O–H groups in total. The van der Waals surface area contributed by atoms with Crippen LogP contribution in [0.25, 0.3) is 0 Å². The molecule has 0 aromatic rings. The Morgan fingerprint density at radius 2 is 1.83 bits per heavy atom. The molecule has 1 aliphatic rings. The van der Waals surface area contributed by atoms with Gasteiger partial charge in [0.05, 0.1) is 6.26 Å². The summed E-state index contributed by atoms with van der Waals surface area (Å²) in [5.41, 5.74) is -0.504. The van der Waals surface area contributed by atoms with Gasteiger partial charge in [0.15, 0.2) is 0 Å². The number of piperidine rings is 1. The zero-order valence-electron chi connectivity index (χ0n) is 15.8. The van der Waals surface area contributed by atoms with Gasteiger partial charge in [-0.2, -0.15) is 0 Å². The number of carbonyl (C=O) groups excluding carboxylic acids is 1. The number of nitrogens with zero attached hydrogens (tertiary/aromatic N) is 2. The highest BCUT2D eigenvalue weighted by atomic mass is 32.2. The third-order valence-electron chi connectivity index (χ3n) is 3.96. The van der Waals surface area contributed by atoms with Gasteiger partial charge in [-0.15, -0.1) is 0 Å². The summed E-state index contributed by atoms with van der Waals surface area (Å²) in [7, 11) is -3.09. The highest BCUT2D eigenvalue weighted by Gasteiger charge is 2.26. The van der Waals surface area contributed by atoms with Crippen molar-refractivity contribution in [1.82, 2.24) is 14.5 Å². The van der Waals surface area contributed by atoms with Crippen LogP contribution >= 0.6 is 0 Å². The highest BCUT2D eigenvalue weighted by molar-refractivity contribution is 7.88. The molecule has 1 saturated heterocycles. The number of hydrogen-bond donors (Lipinski definition) is 1. The Morgan fingerprint density at radius 3 is 2.25 bits per heavy atom. The molecule has 0 bridgehead atoms. The smallest absolute Gasteiger partial charge is 0.410 e. The molecule has 24 heavy (non-hydrogen) atoms. The van der Waals surface area contributed by atoms with Gasteiger partial charge in [-0.25, -0.2) is 17.5 Å². The van der Waals surface area contributed by atoms with Crippen LogP contribution in [0, 0.1) is 0 Å². The SMILES string of the molecule is CC(C)N(CCNC1CCN(S(C)(=O)=O)CC1)C(=O)OC(C)(C)C. The molecule has 8 heteroatoms. The molecular weight excluding hydrogens is 330 g/mol. The topological polar surface area (TPSA) is 79.0 Å². The van der Waals surface area contributed by atoms with Crippen molar-refractivity contribution in [2.24, 2.45) is 0 Å². The summed E-state index contributed by atoms with van der Waals surface area (Å²) < 4.78 is 30.0. The van der Waals surface area contributed by atoms with E-state index < -0.39 is 15.6 Å². The van der Waals surface area contributed by atoms with Gasteiger partial charge < -0.3 is 15.0 Å². The van der Waals surface area contributed by atoms with Gasteiger partial charge in [-0.1, -0.05) is 0 Å². The van der Waals surface area contributed by atoms with E-state index in [9.17, 15) is 13.2 Å². The van der Waals surface area contributed by atoms with Crippen LogP contribution in [-0.2, 0) is 14.8 Å². The average Bonchev–Trinajstić information content (AvgIpc) is 2.40. The molecule has 142 valence electrons. The van der Waals surface area contributed by atoms with Crippen LogP contribution in [0.3, 0.4) is 0 Å². The molecule has 1 amide bonds. The van der Waals surface area contributed by atoms with E-state index >= 15 is 0 Å². The van der Waals surface area contributed by atoms with Gasteiger partial charge in [0.25, 0.3) is 0 Å². The van der Waals surface area contributed by atoms with Crippen molar-refractivity contribution in [1.29, 1.82) is 0 Å². The Kier molecular flexibility index (Phi) is 7.49. The molecule has 0 unspecified atom stereocenters. The lowest BCUT2D eigenvalue weighted by atomic mass is 10.1. The van der Waals surface area contributed by atoms with Crippen LogP contribution in [0.2, 0.25) is 0 Å². The Bertz CT molecular complexity index is 506. The van der Waals surface area contributed by atoms with Crippen molar-refractivity contribution in [2.75, 3.05) is 32.4 Å². The van der Waals surface area contributed by atoms with E-state index in [2.05, 4.69) is 5.32 Å². The molecule has 0 spiro atoms. The predicted octanol–water partition coefficient (Wildman–Crippen LogP) is 1.65. The maximum absolute atomic E-state index is 12.2. The second kappa shape index (κ2) is 8.49. The van der Waals surface area contributed by atoms with Crippen molar-refractivity contribution in [2.45, 2.75) is 65.1 Å². The fourth-order valence-electron chi connectivity index (χ4n) is 2.66. The van der Waals surface area contributed by atoms with Gasteiger partial charge in [0.1, 0.15) is 5.60 Å². The molecule has 0 aromatic carbocycles. The van der Waals surface area contributed by atoms with Gasteiger partial charge in [0.2, 0.25) is 10.0 Å². The minimum atomic E-state index is -3.09. The van der Waals surface area contributed by atoms with E-state index in [-0.39, 0.29) is 18.2 Å². The van der Waals surface area contributed by atoms with Gasteiger partial charge >= 0.3 is 6.09 Å². The summed E-state index contributed by atoms with van der Waals surface area (Å²) in [4.78, 5) is 14.0. The van der Waals surface area contributed by atoms with Crippen LogP contribution in [0.1, 0.15) is 47.5 Å². The normalized spacial score (nSPS) is 18.0. The van der Waals surface area contributed by atoms with E-state index in [1.807, 2.05) is 34.6 Å². The quantitative estimate of drug-likeness (QED) is 0.776. The Morgan fingerprint density at radius 1 is 1.29 bits per heavy atom. The Hall–Kier alpha value is -0.860. The molecule has 1 rings (SSSR count). The van der Waals surface area contributed by atoms with Crippen molar-refractivity contribution in [3.8, 4) is 0 Å². The molecule has 1 fully saturated rings. The first-order valence-electron chi connectivity index (χ1n) is 8.58. The standard InChI is InChI=1S/C16H33N3O4S/c1-13(2)19(15(20)23-16(3,4)5)12-9-17-14-7-10-18(11-8-14)24(6,21)22/h13-14,17H,7-12H2,1-6H3. The molecule has 1 aliphatic heterocycles. The van der Waals surface area contributed by atoms with Crippen molar-refractivity contribution >= 4 is 16.1 Å². The summed E-state index contributed by atoms with van der Waals surface area (Å²) in [6.45, 7) is 11.8. The monoisotopic (exact) mass is 363 g/mol. The molecule has 7 nitrogen and oxygen atoms in total. The minimum Gasteiger partial charge on any atom is -0.444 e. The van der Waals surface area contributed by atoms with Gasteiger partial charge in [0, 0.05) is 38.3 Å². The number of carbonyl (C=O) groups is 1. The predicted molar refractivity (Wildman–Crippen MR) is 95.5 cm³/mol. The van der Waals surface area contributed by atoms with Crippen molar-refractivity contribution in [3.05, 3.63) is 0 Å². The van der Waals surface area contributed by atoms with E-state index in [1.165, 1.54) is 10.6 Å². The van der Waals surface area contributed by atoms with Gasteiger partial charge in [-0.3, -0.25) is 0 Å². The van der Waals surface area contributed by atoms with Crippen LogP contribution in [-0.4, -0.2) is 73.8 Å². The lowest BCUT2D eigenvalue weighted by molar-refractivity contribution is 0.0191. The summed E-state index contributed by atoms with van der Waals surface area (Å²) >= 11 is 0. The molecule has 0 atom stereocenters. The molecule has 1 heterocycles. The third kappa shape index (κ3) is 7.36. The number of rotatable bonds is 6. The fourth-order valence-corrected chi connectivity index (χ4v) is 3.54. The zero-order valence-corrected chi connectivity index (χ0v) is 16.6. The minimum absolute atomic E-state index is 0.0636. The largest absolute Gasteiger partial charge is 0.444 e. The first-order chi connectivity index (χ1) is 10.9. The molecule has 0 saturated carbocycles.